The summed E-state index contributed by atoms with van der Waals surface area (Å²) in [5.74, 6) is 6.53. The fourth-order valence-corrected chi connectivity index (χ4v) is 3.33. The first kappa shape index (κ1) is 22.3. The van der Waals surface area contributed by atoms with Crippen LogP contribution in [0.15, 0.2) is 42.5 Å². The van der Waals surface area contributed by atoms with E-state index in [1.165, 1.54) is 0 Å². The maximum atomic E-state index is 12.6. The van der Waals surface area contributed by atoms with Crippen molar-refractivity contribution < 1.29 is 4.79 Å². The molecular weight excluding hydrogens is 384 g/mol. The maximum absolute atomic E-state index is 12.6. The molecule has 1 aliphatic rings. The van der Waals surface area contributed by atoms with E-state index in [1.54, 1.807) is 0 Å². The Hall–Kier alpha value is -2.97. The molecule has 1 fully saturated rings. The lowest BCUT2D eigenvalue weighted by atomic mass is 10.0. The molecule has 152 valence electrons. The number of hydrogen-bond donors (Lipinski definition) is 2. The molecule has 6 heteroatoms. The second kappa shape index (κ2) is 9.99. The molecule has 0 aliphatic carbocycles. The van der Waals surface area contributed by atoms with Crippen LogP contribution < -0.4 is 10.6 Å². The van der Waals surface area contributed by atoms with Gasteiger partial charge in [0.05, 0.1) is 6.54 Å². The third-order valence-corrected chi connectivity index (χ3v) is 5.00. The molecule has 0 atom stereocenters. The predicted molar refractivity (Wildman–Crippen MR) is 121 cm³/mol. The van der Waals surface area contributed by atoms with Gasteiger partial charge in [0.2, 0.25) is 0 Å². The van der Waals surface area contributed by atoms with E-state index < -0.39 is 0 Å². The number of benzene rings is 2. The Morgan fingerprint density at radius 2 is 1.93 bits per heavy atom. The number of aryl methyl sites for hydroxylation is 1. The minimum atomic E-state index is 0. The molecule has 0 radical (unpaired) electrons. The van der Waals surface area contributed by atoms with Gasteiger partial charge in [-0.25, -0.2) is 0 Å². The van der Waals surface area contributed by atoms with Crippen molar-refractivity contribution in [2.24, 2.45) is 5.73 Å². The highest BCUT2D eigenvalue weighted by atomic mass is 35.5. The summed E-state index contributed by atoms with van der Waals surface area (Å²) in [7, 11) is 1.96. The molecule has 0 aromatic heterocycles. The first-order chi connectivity index (χ1) is 13.5. The van der Waals surface area contributed by atoms with Gasteiger partial charge in [0.25, 0.3) is 5.91 Å². The van der Waals surface area contributed by atoms with Crippen molar-refractivity contribution in [1.82, 2.24) is 4.90 Å². The molecule has 3 rings (SSSR count). The number of carbonyl (C=O) groups excluding carboxylic acids is 1. The van der Waals surface area contributed by atoms with Gasteiger partial charge < -0.3 is 15.5 Å². The van der Waals surface area contributed by atoms with E-state index in [0.29, 0.717) is 12.1 Å². The highest BCUT2D eigenvalue weighted by Gasteiger charge is 2.20. The summed E-state index contributed by atoms with van der Waals surface area (Å²) in [6, 6.07) is 13.3. The summed E-state index contributed by atoms with van der Waals surface area (Å²) >= 11 is 0. The third kappa shape index (κ3) is 5.52. The summed E-state index contributed by atoms with van der Waals surface area (Å²) in [5.41, 5.74) is 9.86. The minimum Gasteiger partial charge on any atom is -0.384 e. The van der Waals surface area contributed by atoms with Gasteiger partial charge in [-0.3, -0.25) is 10.2 Å². The van der Waals surface area contributed by atoms with E-state index in [0.717, 1.165) is 48.3 Å². The molecule has 1 aliphatic heterocycles. The smallest absolute Gasteiger partial charge is 0.254 e. The lowest BCUT2D eigenvalue weighted by Gasteiger charge is -2.17. The first-order valence-electron chi connectivity index (χ1n) is 9.50. The summed E-state index contributed by atoms with van der Waals surface area (Å²) in [6.45, 7) is 4.23. The topological polar surface area (TPSA) is 73.4 Å². The number of halogens is 1. The maximum Gasteiger partial charge on any atom is 0.254 e. The number of rotatable bonds is 4. The van der Waals surface area contributed by atoms with Crippen LogP contribution in [0, 0.1) is 24.2 Å². The van der Waals surface area contributed by atoms with Crippen molar-refractivity contribution in [3.05, 3.63) is 64.7 Å². The fraction of sp³-hybridized carbons (Fsp3) is 0.304. The molecule has 1 amide bonds. The Morgan fingerprint density at radius 3 is 2.59 bits per heavy atom. The van der Waals surface area contributed by atoms with Crippen molar-refractivity contribution in [3.8, 4) is 11.8 Å². The Morgan fingerprint density at radius 1 is 1.21 bits per heavy atom. The van der Waals surface area contributed by atoms with Crippen molar-refractivity contribution >= 4 is 29.8 Å². The quantitative estimate of drug-likeness (QED) is 0.460. The molecule has 0 spiro atoms. The number of likely N-dealkylation sites (tertiary alicyclic amines) is 1. The normalized spacial score (nSPS) is 12.6. The molecule has 5 nitrogen and oxygen atoms in total. The van der Waals surface area contributed by atoms with E-state index >= 15 is 0 Å². The van der Waals surface area contributed by atoms with Crippen LogP contribution in [0.1, 0.15) is 39.9 Å². The van der Waals surface area contributed by atoms with Crippen molar-refractivity contribution in [2.75, 3.05) is 31.6 Å². The van der Waals surface area contributed by atoms with Crippen molar-refractivity contribution in [3.63, 3.8) is 0 Å². The largest absolute Gasteiger partial charge is 0.384 e. The van der Waals surface area contributed by atoms with Crippen LogP contribution in [-0.4, -0.2) is 43.3 Å². The van der Waals surface area contributed by atoms with Gasteiger partial charge in [-0.1, -0.05) is 24.0 Å². The summed E-state index contributed by atoms with van der Waals surface area (Å²) < 4.78 is 0. The Bertz CT molecular complexity index is 955. The molecule has 1 heterocycles. The first-order valence-corrected chi connectivity index (χ1v) is 9.50. The molecule has 1 saturated heterocycles. The monoisotopic (exact) mass is 410 g/mol. The number of amidine groups is 1. The van der Waals surface area contributed by atoms with E-state index in [2.05, 4.69) is 11.8 Å². The van der Waals surface area contributed by atoms with E-state index in [-0.39, 0.29) is 24.1 Å². The summed E-state index contributed by atoms with van der Waals surface area (Å²) in [6.07, 6.45) is 2.19. The number of hydrogen-bond acceptors (Lipinski definition) is 3. The average molecular weight is 411 g/mol. The van der Waals surface area contributed by atoms with Gasteiger partial charge in [0.1, 0.15) is 5.84 Å². The van der Waals surface area contributed by atoms with Crippen LogP contribution in [0.3, 0.4) is 0 Å². The minimum absolute atomic E-state index is 0. The Kier molecular flexibility index (Phi) is 7.69. The summed E-state index contributed by atoms with van der Waals surface area (Å²) in [4.78, 5) is 16.5. The average Bonchev–Trinajstić information content (AvgIpc) is 3.22. The highest BCUT2D eigenvalue weighted by molar-refractivity contribution is 5.96. The third-order valence-electron chi connectivity index (χ3n) is 5.00. The van der Waals surface area contributed by atoms with Gasteiger partial charge in [0, 0.05) is 42.5 Å². The Balaban J connectivity index is 0.00000300. The lowest BCUT2D eigenvalue weighted by molar-refractivity contribution is 0.0792. The second-order valence-corrected chi connectivity index (χ2v) is 7.15. The predicted octanol–water partition coefficient (Wildman–Crippen LogP) is 3.42. The van der Waals surface area contributed by atoms with E-state index in [4.69, 9.17) is 11.1 Å². The zero-order valence-electron chi connectivity index (χ0n) is 16.9. The SMILES string of the molecule is Cc1cc(C#CCN(C)c2cccc(C(=N)N)c2)ccc1C(=O)N1CCCC1.Cl. The molecule has 2 aromatic rings. The number of nitrogens with two attached hydrogens (primary N) is 1. The Labute approximate surface area is 178 Å². The lowest BCUT2D eigenvalue weighted by Crippen LogP contribution is -2.28. The molecule has 29 heavy (non-hydrogen) atoms. The van der Waals surface area contributed by atoms with Crippen LogP contribution in [0.5, 0.6) is 0 Å². The zero-order valence-corrected chi connectivity index (χ0v) is 17.7. The zero-order chi connectivity index (χ0) is 20.1. The van der Waals surface area contributed by atoms with Crippen LogP contribution in [0.4, 0.5) is 5.69 Å². The van der Waals surface area contributed by atoms with Gasteiger partial charge in [0.15, 0.2) is 0 Å². The van der Waals surface area contributed by atoms with E-state index in [1.807, 2.05) is 66.2 Å². The summed E-state index contributed by atoms with van der Waals surface area (Å²) in [5, 5.41) is 7.55. The highest BCUT2D eigenvalue weighted by Crippen LogP contribution is 2.17. The molecular formula is C23H27ClN4O. The molecule has 0 unspecified atom stereocenters. The van der Waals surface area contributed by atoms with Crippen LogP contribution >= 0.6 is 12.4 Å². The van der Waals surface area contributed by atoms with Crippen molar-refractivity contribution in [1.29, 1.82) is 5.41 Å². The standard InChI is InChI=1S/C23H26N4O.ClH/c1-17-15-18(10-11-21(17)23(28)27-13-3-4-14-27)7-6-12-26(2)20-9-5-8-19(16-20)22(24)25;/h5,8-11,15-16H,3-4,12-14H2,1-2H3,(H3,24,25);1H. The molecule has 0 saturated carbocycles. The number of carbonyl (C=O) groups is 1. The van der Waals surface area contributed by atoms with Crippen LogP contribution in [0.25, 0.3) is 0 Å². The van der Waals surface area contributed by atoms with Gasteiger partial charge in [-0.15, -0.1) is 12.4 Å². The van der Waals surface area contributed by atoms with Crippen LogP contribution in [0.2, 0.25) is 0 Å². The van der Waals surface area contributed by atoms with Gasteiger partial charge >= 0.3 is 0 Å². The number of anilines is 1. The van der Waals surface area contributed by atoms with Gasteiger partial charge in [-0.05, 0) is 55.7 Å². The number of amides is 1. The van der Waals surface area contributed by atoms with Crippen LogP contribution in [-0.2, 0) is 0 Å². The number of nitrogens with zero attached hydrogens (tertiary/aromatic N) is 2. The molecule has 3 N–H and O–H groups in total. The fourth-order valence-electron chi connectivity index (χ4n) is 3.33. The number of nitrogen functional groups attached to an aromatic ring is 1. The number of nitrogens with one attached hydrogen (secondary N) is 1. The van der Waals surface area contributed by atoms with Crippen molar-refractivity contribution in [2.45, 2.75) is 19.8 Å². The van der Waals surface area contributed by atoms with E-state index in [9.17, 15) is 4.79 Å². The molecule has 2 aromatic carbocycles. The second-order valence-electron chi connectivity index (χ2n) is 7.15. The molecule has 0 bridgehead atoms. The van der Waals surface area contributed by atoms with Gasteiger partial charge in [-0.2, -0.15) is 0 Å².